The molecule has 3 heterocycles. The van der Waals surface area contributed by atoms with Crippen LogP contribution in [0.2, 0.25) is 0 Å². The predicted octanol–water partition coefficient (Wildman–Crippen LogP) is 3.37. The van der Waals surface area contributed by atoms with Gasteiger partial charge in [0.05, 0.1) is 12.2 Å². The van der Waals surface area contributed by atoms with Crippen molar-refractivity contribution >= 4 is 16.6 Å². The molecular weight excluding hydrogens is 332 g/mol. The summed E-state index contributed by atoms with van der Waals surface area (Å²) in [5.74, 6) is 0. The third-order valence-corrected chi connectivity index (χ3v) is 5.95. The summed E-state index contributed by atoms with van der Waals surface area (Å²) in [6.45, 7) is 7.75. The second-order valence-corrected chi connectivity index (χ2v) is 7.66. The number of aromatic nitrogens is 1. The van der Waals surface area contributed by atoms with Crippen LogP contribution in [-0.4, -0.2) is 54.2 Å². The van der Waals surface area contributed by atoms with Crippen molar-refractivity contribution in [3.05, 3.63) is 71.9 Å². The van der Waals surface area contributed by atoms with Crippen LogP contribution in [0.4, 0.5) is 5.69 Å². The van der Waals surface area contributed by atoms with Crippen LogP contribution in [0, 0.1) is 0 Å². The Balaban J connectivity index is 1.22. The molecule has 0 saturated carbocycles. The van der Waals surface area contributed by atoms with Gasteiger partial charge in [0.25, 0.3) is 0 Å². The predicted molar refractivity (Wildman–Crippen MR) is 111 cm³/mol. The summed E-state index contributed by atoms with van der Waals surface area (Å²) >= 11 is 0. The molecule has 2 aliphatic rings. The van der Waals surface area contributed by atoms with Gasteiger partial charge in [-0.3, -0.25) is 14.8 Å². The van der Waals surface area contributed by atoms with E-state index < -0.39 is 0 Å². The summed E-state index contributed by atoms with van der Waals surface area (Å²) in [6, 6.07) is 19.5. The van der Waals surface area contributed by atoms with Crippen molar-refractivity contribution in [1.29, 1.82) is 0 Å². The van der Waals surface area contributed by atoms with E-state index in [1.807, 2.05) is 6.20 Å². The van der Waals surface area contributed by atoms with E-state index in [4.69, 9.17) is 0 Å². The molecule has 2 aromatic carbocycles. The van der Waals surface area contributed by atoms with E-state index >= 15 is 0 Å². The second kappa shape index (κ2) is 7.29. The maximum atomic E-state index is 4.50. The van der Waals surface area contributed by atoms with Gasteiger partial charge in [0, 0.05) is 56.5 Å². The fourth-order valence-corrected chi connectivity index (χ4v) is 4.44. The number of hydrogen-bond acceptors (Lipinski definition) is 4. The highest BCUT2D eigenvalue weighted by Gasteiger charge is 2.22. The number of benzene rings is 2. The van der Waals surface area contributed by atoms with Crippen LogP contribution >= 0.6 is 0 Å². The molecule has 27 heavy (non-hydrogen) atoms. The molecule has 138 valence electrons. The highest BCUT2D eigenvalue weighted by Crippen LogP contribution is 2.26. The molecule has 0 bridgehead atoms. The number of para-hydroxylation sites is 1. The van der Waals surface area contributed by atoms with Crippen LogP contribution in [0.3, 0.4) is 0 Å². The van der Waals surface area contributed by atoms with Crippen molar-refractivity contribution in [1.82, 2.24) is 14.8 Å². The summed E-state index contributed by atoms with van der Waals surface area (Å²) in [5.41, 5.74) is 5.45. The lowest BCUT2D eigenvalue weighted by molar-refractivity contribution is 0.115. The molecule has 0 spiro atoms. The van der Waals surface area contributed by atoms with Gasteiger partial charge in [0.2, 0.25) is 0 Å². The van der Waals surface area contributed by atoms with Crippen LogP contribution in [-0.2, 0) is 13.0 Å². The molecule has 0 radical (unpaired) electrons. The number of piperazine rings is 1. The SMILES string of the molecule is c1ccc2c(c1)CCN(CN1CCN(c3ccnc4ccccc34)CC1)C2. The maximum Gasteiger partial charge on any atom is 0.0722 e. The van der Waals surface area contributed by atoms with Gasteiger partial charge in [-0.15, -0.1) is 0 Å². The first-order valence-electron chi connectivity index (χ1n) is 9.97. The number of anilines is 1. The van der Waals surface area contributed by atoms with Crippen molar-refractivity contribution in [3.8, 4) is 0 Å². The summed E-state index contributed by atoms with van der Waals surface area (Å²) in [6.07, 6.45) is 3.12. The Labute approximate surface area is 161 Å². The first-order chi connectivity index (χ1) is 13.4. The Morgan fingerprint density at radius 3 is 2.41 bits per heavy atom. The minimum atomic E-state index is 1.08. The standard InChI is InChI=1S/C23H26N4/c1-2-6-20-17-26(12-10-19(20)5-1)18-25-13-15-27(16-14-25)23-9-11-24-22-8-4-3-7-21(22)23/h1-9,11H,10,12-18H2. The van der Waals surface area contributed by atoms with Crippen LogP contribution < -0.4 is 4.90 Å². The second-order valence-electron chi connectivity index (χ2n) is 7.66. The minimum Gasteiger partial charge on any atom is -0.368 e. The highest BCUT2D eigenvalue weighted by molar-refractivity contribution is 5.91. The first-order valence-corrected chi connectivity index (χ1v) is 9.97. The molecule has 1 aromatic heterocycles. The lowest BCUT2D eigenvalue weighted by Crippen LogP contribution is -2.50. The Morgan fingerprint density at radius 2 is 1.52 bits per heavy atom. The zero-order chi connectivity index (χ0) is 18.1. The summed E-state index contributed by atoms with van der Waals surface area (Å²) in [4.78, 5) is 12.2. The van der Waals surface area contributed by atoms with E-state index in [0.717, 1.165) is 44.9 Å². The maximum absolute atomic E-state index is 4.50. The third kappa shape index (κ3) is 3.43. The molecule has 0 amide bonds. The van der Waals surface area contributed by atoms with E-state index in [0.29, 0.717) is 0 Å². The monoisotopic (exact) mass is 358 g/mol. The van der Waals surface area contributed by atoms with Crippen LogP contribution in [0.1, 0.15) is 11.1 Å². The molecule has 4 heteroatoms. The zero-order valence-electron chi connectivity index (χ0n) is 15.7. The molecule has 2 aliphatic heterocycles. The van der Waals surface area contributed by atoms with Crippen molar-refractivity contribution in [2.45, 2.75) is 13.0 Å². The molecule has 5 rings (SSSR count). The molecular formula is C23H26N4. The summed E-state index contributed by atoms with van der Waals surface area (Å²) in [5, 5.41) is 1.26. The molecule has 1 saturated heterocycles. The van der Waals surface area contributed by atoms with Gasteiger partial charge in [0.1, 0.15) is 0 Å². The van der Waals surface area contributed by atoms with E-state index in [-0.39, 0.29) is 0 Å². The van der Waals surface area contributed by atoms with Crippen LogP contribution in [0.25, 0.3) is 10.9 Å². The Bertz CT molecular complexity index is 925. The van der Waals surface area contributed by atoms with Gasteiger partial charge in [-0.05, 0) is 29.7 Å². The minimum absolute atomic E-state index is 1.08. The molecule has 0 N–H and O–H groups in total. The fourth-order valence-electron chi connectivity index (χ4n) is 4.44. The molecule has 0 atom stereocenters. The lowest BCUT2D eigenvalue weighted by atomic mass is 10.0. The topological polar surface area (TPSA) is 22.6 Å². The van der Waals surface area contributed by atoms with Gasteiger partial charge in [0.15, 0.2) is 0 Å². The molecule has 4 nitrogen and oxygen atoms in total. The van der Waals surface area contributed by atoms with Gasteiger partial charge in [-0.25, -0.2) is 0 Å². The number of fused-ring (bicyclic) bond motifs is 2. The van der Waals surface area contributed by atoms with Gasteiger partial charge >= 0.3 is 0 Å². The molecule has 1 fully saturated rings. The first kappa shape index (κ1) is 16.7. The number of pyridine rings is 1. The number of hydrogen-bond donors (Lipinski definition) is 0. The van der Waals surface area contributed by atoms with E-state index in [1.165, 1.54) is 35.2 Å². The zero-order valence-corrected chi connectivity index (χ0v) is 15.7. The average Bonchev–Trinajstić information content (AvgIpc) is 2.74. The lowest BCUT2D eigenvalue weighted by Gasteiger charge is -2.40. The number of nitrogens with zero attached hydrogens (tertiary/aromatic N) is 4. The molecule has 0 unspecified atom stereocenters. The third-order valence-electron chi connectivity index (χ3n) is 5.95. The Kier molecular flexibility index (Phi) is 4.52. The normalized spacial score (nSPS) is 18.6. The Morgan fingerprint density at radius 1 is 0.741 bits per heavy atom. The van der Waals surface area contributed by atoms with E-state index in [9.17, 15) is 0 Å². The smallest absolute Gasteiger partial charge is 0.0722 e. The van der Waals surface area contributed by atoms with Crippen molar-refractivity contribution in [3.63, 3.8) is 0 Å². The largest absolute Gasteiger partial charge is 0.368 e. The Hall–Kier alpha value is -2.43. The van der Waals surface area contributed by atoms with Crippen LogP contribution in [0.15, 0.2) is 60.8 Å². The molecule has 3 aromatic rings. The molecule has 0 aliphatic carbocycles. The van der Waals surface area contributed by atoms with Crippen molar-refractivity contribution in [2.24, 2.45) is 0 Å². The quantitative estimate of drug-likeness (QED) is 0.716. The fraction of sp³-hybridized carbons (Fsp3) is 0.348. The summed E-state index contributed by atoms with van der Waals surface area (Å²) in [7, 11) is 0. The van der Waals surface area contributed by atoms with Crippen molar-refractivity contribution < 1.29 is 0 Å². The number of rotatable bonds is 3. The average molecular weight is 358 g/mol. The van der Waals surface area contributed by atoms with E-state index in [2.05, 4.69) is 74.3 Å². The van der Waals surface area contributed by atoms with Gasteiger partial charge in [-0.1, -0.05) is 42.5 Å². The van der Waals surface area contributed by atoms with Gasteiger partial charge in [-0.2, -0.15) is 0 Å². The van der Waals surface area contributed by atoms with Crippen LogP contribution in [0.5, 0.6) is 0 Å². The van der Waals surface area contributed by atoms with Crippen molar-refractivity contribution in [2.75, 3.05) is 44.3 Å². The highest BCUT2D eigenvalue weighted by atomic mass is 15.3. The summed E-state index contributed by atoms with van der Waals surface area (Å²) < 4.78 is 0. The van der Waals surface area contributed by atoms with E-state index in [1.54, 1.807) is 0 Å². The van der Waals surface area contributed by atoms with Gasteiger partial charge < -0.3 is 4.90 Å².